The van der Waals surface area contributed by atoms with Gasteiger partial charge in [-0.1, -0.05) is 61.5 Å². The monoisotopic (exact) mass is 588 g/mol. The maximum Gasteiger partial charge on any atom is 0.255 e. The molecule has 2 aromatic carbocycles. The van der Waals surface area contributed by atoms with Crippen LogP contribution in [0, 0.1) is 0 Å². The number of carbonyl (C=O) groups is 1. The zero-order valence-corrected chi connectivity index (χ0v) is 27.2. The molecule has 0 fully saturated rings. The summed E-state index contributed by atoms with van der Waals surface area (Å²) in [6, 6.07) is 8.07. The summed E-state index contributed by atoms with van der Waals surface area (Å²) in [6.45, 7) is 18.2. The highest BCUT2D eigenvalue weighted by atomic mass is 32.3. The fraction of sp³-hybridized carbons (Fsp3) is 0.581. The van der Waals surface area contributed by atoms with E-state index in [-0.39, 0.29) is 33.3 Å². The van der Waals surface area contributed by atoms with Crippen molar-refractivity contribution in [3.63, 3.8) is 0 Å². The number of anilines is 2. The molecule has 7 nitrogen and oxygen atoms in total. The van der Waals surface area contributed by atoms with Crippen LogP contribution in [0.3, 0.4) is 0 Å². The van der Waals surface area contributed by atoms with Crippen LogP contribution in [0.4, 0.5) is 11.4 Å². The van der Waals surface area contributed by atoms with Gasteiger partial charge >= 0.3 is 0 Å². The smallest absolute Gasteiger partial charge is 0.255 e. The first-order chi connectivity index (χ1) is 18.0. The number of fused-ring (bicyclic) bond motifs is 2. The van der Waals surface area contributed by atoms with Crippen molar-refractivity contribution in [2.45, 2.75) is 103 Å². The number of amides is 1. The van der Waals surface area contributed by atoms with Gasteiger partial charge in [0.15, 0.2) is 0 Å². The SMILES string of the molecule is CC1(C)CCC(C)(C)c2c1cc1c(c2NC(=O)c2ccc(N(S(C)(=O)=O)S(C)(=O)=O)cc2)C(C)(C)CCC1(C)C. The summed E-state index contributed by atoms with van der Waals surface area (Å²) < 4.78 is 49.2. The van der Waals surface area contributed by atoms with Crippen LogP contribution in [-0.4, -0.2) is 35.3 Å². The topological polar surface area (TPSA) is 101 Å². The van der Waals surface area contributed by atoms with Crippen LogP contribution in [0.2, 0.25) is 0 Å². The Morgan fingerprint density at radius 1 is 0.675 bits per heavy atom. The number of hydrogen-bond acceptors (Lipinski definition) is 5. The van der Waals surface area contributed by atoms with Crippen LogP contribution >= 0.6 is 0 Å². The van der Waals surface area contributed by atoms with Crippen molar-refractivity contribution >= 4 is 37.3 Å². The zero-order chi connectivity index (χ0) is 30.3. The Hall–Kier alpha value is -2.39. The normalized spacial score (nSPS) is 20.6. The molecular formula is C31H44N2O5S2. The van der Waals surface area contributed by atoms with Gasteiger partial charge in [-0.25, -0.2) is 16.8 Å². The molecule has 2 aliphatic rings. The lowest BCUT2D eigenvalue weighted by atomic mass is 9.56. The second-order valence-electron chi connectivity index (χ2n) is 14.4. The highest BCUT2D eigenvalue weighted by Gasteiger charge is 2.46. The van der Waals surface area contributed by atoms with Crippen molar-refractivity contribution in [2.24, 2.45) is 0 Å². The van der Waals surface area contributed by atoms with Gasteiger partial charge in [-0.15, -0.1) is 0 Å². The van der Waals surface area contributed by atoms with Crippen molar-refractivity contribution in [3.05, 3.63) is 58.1 Å². The van der Waals surface area contributed by atoms with E-state index >= 15 is 0 Å². The molecule has 2 aliphatic carbocycles. The van der Waals surface area contributed by atoms with Crippen molar-refractivity contribution in [2.75, 3.05) is 21.5 Å². The van der Waals surface area contributed by atoms with Gasteiger partial charge in [-0.3, -0.25) is 4.79 Å². The number of hydrogen-bond donors (Lipinski definition) is 1. The molecule has 0 aliphatic heterocycles. The third-order valence-electron chi connectivity index (χ3n) is 9.07. The quantitative estimate of drug-likeness (QED) is 0.438. The molecule has 0 atom stereocenters. The van der Waals surface area contributed by atoms with Crippen LogP contribution < -0.4 is 9.03 Å². The zero-order valence-electron chi connectivity index (χ0n) is 25.5. The fourth-order valence-electron chi connectivity index (χ4n) is 6.60. The van der Waals surface area contributed by atoms with Gasteiger partial charge in [-0.05, 0) is 93.9 Å². The summed E-state index contributed by atoms with van der Waals surface area (Å²) in [5, 5.41) is 3.32. The van der Waals surface area contributed by atoms with Gasteiger partial charge in [0, 0.05) is 11.3 Å². The molecular weight excluding hydrogens is 544 g/mol. The van der Waals surface area contributed by atoms with Crippen LogP contribution in [0.25, 0.3) is 0 Å². The van der Waals surface area contributed by atoms with E-state index in [0.717, 1.165) is 43.9 Å². The van der Waals surface area contributed by atoms with E-state index in [1.165, 1.54) is 46.5 Å². The number of nitrogens with zero attached hydrogens (tertiary/aromatic N) is 1. The minimum Gasteiger partial charge on any atom is -0.321 e. The molecule has 0 saturated carbocycles. The van der Waals surface area contributed by atoms with Gasteiger partial charge in [0.05, 0.1) is 18.2 Å². The Bertz CT molecular complexity index is 1500. The van der Waals surface area contributed by atoms with Gasteiger partial charge in [0.1, 0.15) is 0 Å². The van der Waals surface area contributed by atoms with Crippen LogP contribution in [0.1, 0.15) is 114 Å². The van der Waals surface area contributed by atoms with E-state index in [4.69, 9.17) is 0 Å². The summed E-state index contributed by atoms with van der Waals surface area (Å²) >= 11 is 0. The van der Waals surface area contributed by atoms with E-state index in [0.29, 0.717) is 9.27 Å². The maximum absolute atomic E-state index is 13.8. The highest BCUT2D eigenvalue weighted by Crippen LogP contribution is 2.56. The summed E-state index contributed by atoms with van der Waals surface area (Å²) in [5.74, 6) is -0.314. The lowest BCUT2D eigenvalue weighted by Gasteiger charge is -2.49. The van der Waals surface area contributed by atoms with Gasteiger partial charge in [0.25, 0.3) is 5.91 Å². The Kier molecular flexibility index (Phi) is 7.12. The third-order valence-corrected chi connectivity index (χ3v) is 12.3. The van der Waals surface area contributed by atoms with Crippen molar-refractivity contribution in [1.29, 1.82) is 0 Å². The highest BCUT2D eigenvalue weighted by molar-refractivity contribution is 8.09. The average molecular weight is 589 g/mol. The molecule has 220 valence electrons. The summed E-state index contributed by atoms with van der Waals surface area (Å²) in [5.41, 5.74) is 5.76. The van der Waals surface area contributed by atoms with Crippen molar-refractivity contribution in [1.82, 2.24) is 0 Å². The lowest BCUT2D eigenvalue weighted by Crippen LogP contribution is -2.41. The number of nitrogens with one attached hydrogen (secondary N) is 1. The third kappa shape index (κ3) is 5.31. The minimum atomic E-state index is -4.08. The van der Waals surface area contributed by atoms with E-state index in [9.17, 15) is 21.6 Å². The Balaban J connectivity index is 1.89. The molecule has 2 aromatic rings. The summed E-state index contributed by atoms with van der Waals surface area (Å²) in [4.78, 5) is 13.8. The van der Waals surface area contributed by atoms with E-state index in [2.05, 4.69) is 66.8 Å². The molecule has 0 bridgehead atoms. The number of carbonyl (C=O) groups excluding carboxylic acids is 1. The lowest BCUT2D eigenvalue weighted by molar-refractivity contribution is 0.102. The van der Waals surface area contributed by atoms with Crippen LogP contribution in [-0.2, 0) is 41.7 Å². The van der Waals surface area contributed by atoms with Crippen molar-refractivity contribution < 1.29 is 21.6 Å². The number of benzene rings is 2. The van der Waals surface area contributed by atoms with Crippen LogP contribution in [0.15, 0.2) is 30.3 Å². The minimum absolute atomic E-state index is 0.0400. The molecule has 0 radical (unpaired) electrons. The molecule has 4 rings (SSSR count). The standard InChI is InChI=1S/C31H44N2O5S2/c1-28(2)15-17-30(5,6)24-22(28)19-23-25(31(7,8)18-16-29(23,3)4)26(24)32-27(34)20-11-13-21(14-12-20)33(39(9,35)36)40(10,37)38/h11-14,19H,15-18H2,1-10H3,(H,32,34). The molecule has 0 aromatic heterocycles. The molecule has 0 spiro atoms. The van der Waals surface area contributed by atoms with Gasteiger partial charge in [-0.2, -0.15) is 3.71 Å². The van der Waals surface area contributed by atoms with Crippen LogP contribution in [0.5, 0.6) is 0 Å². The number of sulfonamides is 2. The second kappa shape index (κ2) is 9.31. The Morgan fingerprint density at radius 2 is 1.05 bits per heavy atom. The molecule has 0 unspecified atom stereocenters. The Morgan fingerprint density at radius 3 is 1.43 bits per heavy atom. The van der Waals surface area contributed by atoms with E-state index in [1.807, 2.05) is 0 Å². The van der Waals surface area contributed by atoms with E-state index in [1.54, 1.807) is 0 Å². The summed E-state index contributed by atoms with van der Waals surface area (Å²) in [6.07, 6.45) is 5.79. The first-order valence-corrected chi connectivity index (χ1v) is 17.5. The first-order valence-electron chi connectivity index (χ1n) is 13.8. The van der Waals surface area contributed by atoms with E-state index < -0.39 is 20.0 Å². The number of rotatable bonds is 5. The van der Waals surface area contributed by atoms with Gasteiger partial charge in [0.2, 0.25) is 20.0 Å². The Labute approximate surface area is 240 Å². The second-order valence-corrected chi connectivity index (χ2v) is 18.2. The molecule has 1 N–H and O–H groups in total. The molecule has 40 heavy (non-hydrogen) atoms. The first kappa shape index (κ1) is 30.6. The van der Waals surface area contributed by atoms with Gasteiger partial charge < -0.3 is 5.32 Å². The molecule has 0 heterocycles. The largest absolute Gasteiger partial charge is 0.321 e. The average Bonchev–Trinajstić information content (AvgIpc) is 2.78. The maximum atomic E-state index is 13.8. The predicted octanol–water partition coefficient (Wildman–Crippen LogP) is 6.36. The fourth-order valence-corrected chi connectivity index (χ4v) is 9.58. The summed E-state index contributed by atoms with van der Waals surface area (Å²) in [7, 11) is -8.16. The van der Waals surface area contributed by atoms with Crippen molar-refractivity contribution in [3.8, 4) is 0 Å². The predicted molar refractivity (Wildman–Crippen MR) is 164 cm³/mol. The molecule has 0 saturated heterocycles. The molecule has 1 amide bonds. The molecule has 9 heteroatoms.